The predicted octanol–water partition coefficient (Wildman–Crippen LogP) is 5.66. The van der Waals surface area contributed by atoms with Crippen LogP contribution in [0, 0.1) is 5.82 Å². The second-order valence-corrected chi connectivity index (χ2v) is 11.8. The van der Waals surface area contributed by atoms with Crippen molar-refractivity contribution in [1.82, 2.24) is 14.8 Å². The molecule has 4 heterocycles. The van der Waals surface area contributed by atoms with Gasteiger partial charge in [-0.25, -0.2) is 4.39 Å². The minimum absolute atomic E-state index is 0.117. The first-order valence-corrected chi connectivity index (χ1v) is 14.7. The van der Waals surface area contributed by atoms with E-state index in [4.69, 9.17) is 0 Å². The molecule has 5 rings (SSSR count). The van der Waals surface area contributed by atoms with Crippen LogP contribution in [0.2, 0.25) is 0 Å². The van der Waals surface area contributed by atoms with E-state index in [2.05, 4.69) is 31.5 Å². The molecule has 224 valence electrons. The molecule has 2 aliphatic heterocycles. The van der Waals surface area contributed by atoms with Crippen LogP contribution in [0.1, 0.15) is 47.3 Å². The summed E-state index contributed by atoms with van der Waals surface area (Å²) in [6, 6.07) is 5.56. The molecule has 3 aromatic rings. The molecule has 2 aliphatic rings. The van der Waals surface area contributed by atoms with Gasteiger partial charge in [0.15, 0.2) is 0 Å². The lowest BCUT2D eigenvalue weighted by molar-refractivity contribution is -0.138. The monoisotopic (exact) mass is 603 g/mol. The van der Waals surface area contributed by atoms with E-state index in [1.54, 1.807) is 11.3 Å². The average molecular weight is 604 g/mol. The average Bonchev–Trinajstić information content (AvgIpc) is 3.45. The molecule has 42 heavy (non-hydrogen) atoms. The summed E-state index contributed by atoms with van der Waals surface area (Å²) in [5.74, 6) is -1.51. The topological polar surface area (TPSA) is 71.7 Å². The van der Waals surface area contributed by atoms with Crippen molar-refractivity contribution in [3.8, 4) is 0 Å². The number of amides is 1. The Morgan fingerprint density at radius 3 is 2.52 bits per heavy atom. The number of benzene rings is 1. The summed E-state index contributed by atoms with van der Waals surface area (Å²) < 4.78 is 57.0. The van der Waals surface area contributed by atoms with E-state index >= 15 is 4.39 Å². The number of thiophene rings is 1. The van der Waals surface area contributed by atoms with Gasteiger partial charge in [0.05, 0.1) is 22.5 Å². The minimum atomic E-state index is -4.91. The van der Waals surface area contributed by atoms with Gasteiger partial charge in [-0.2, -0.15) is 24.5 Å². The fourth-order valence-electron chi connectivity index (χ4n) is 5.60. The molecule has 0 radical (unpaired) electrons. The number of aromatic nitrogens is 1. The molecule has 7 nitrogen and oxygen atoms in total. The lowest BCUT2D eigenvalue weighted by Crippen LogP contribution is -2.55. The standard InChI is InChI=1S/C30H33F4N5O2S/c1-18-14-39(15-19(2)37(18)3)27-12-25(31)22(21-4-7-38(8-5-21)16-20-6-9-42-17-20)10-26(27)36-29(41)23-13-35-28(40)11-24(23)30(32,33)34/h4,6,9-13,17-19H,5,7-8,14-16H2,1-3H3,(H,35,40)(H,36,41)/t18-,19+. The molecular formula is C30H33F4N5O2S. The smallest absolute Gasteiger partial charge is 0.367 e. The molecule has 0 aliphatic carbocycles. The Morgan fingerprint density at radius 1 is 1.17 bits per heavy atom. The molecule has 1 amide bonds. The van der Waals surface area contributed by atoms with E-state index in [1.165, 1.54) is 17.7 Å². The maximum atomic E-state index is 15.8. The van der Waals surface area contributed by atoms with Gasteiger partial charge in [-0.15, -0.1) is 0 Å². The van der Waals surface area contributed by atoms with Gasteiger partial charge in [0.2, 0.25) is 5.56 Å². The zero-order valence-electron chi connectivity index (χ0n) is 23.6. The number of anilines is 2. The quantitative estimate of drug-likeness (QED) is 0.356. The normalized spacial score (nSPS) is 20.5. The Labute approximate surface area is 245 Å². The number of hydrogen-bond acceptors (Lipinski definition) is 6. The number of rotatable bonds is 6. The van der Waals surface area contributed by atoms with E-state index in [-0.39, 0.29) is 17.8 Å². The highest BCUT2D eigenvalue weighted by molar-refractivity contribution is 7.07. The first kappa shape index (κ1) is 30.0. The van der Waals surface area contributed by atoms with Crippen LogP contribution < -0.4 is 15.8 Å². The summed E-state index contributed by atoms with van der Waals surface area (Å²) in [7, 11) is 2.01. The molecule has 0 saturated carbocycles. The van der Waals surface area contributed by atoms with Gasteiger partial charge < -0.3 is 15.2 Å². The lowest BCUT2D eigenvalue weighted by Gasteiger charge is -2.44. The molecule has 0 bridgehead atoms. The van der Waals surface area contributed by atoms with Crippen LogP contribution in [-0.4, -0.2) is 66.0 Å². The Balaban J connectivity index is 1.50. The van der Waals surface area contributed by atoms with Crippen LogP contribution in [0.5, 0.6) is 0 Å². The fourth-order valence-corrected chi connectivity index (χ4v) is 6.26. The Morgan fingerprint density at radius 2 is 1.90 bits per heavy atom. The lowest BCUT2D eigenvalue weighted by atomic mass is 9.96. The molecule has 0 spiro atoms. The highest BCUT2D eigenvalue weighted by Gasteiger charge is 2.36. The molecule has 1 aromatic carbocycles. The minimum Gasteiger partial charge on any atom is -0.367 e. The number of hydrogen-bond donors (Lipinski definition) is 2. The number of carbonyl (C=O) groups is 1. The van der Waals surface area contributed by atoms with Crippen molar-refractivity contribution in [1.29, 1.82) is 0 Å². The fraction of sp³-hybridized carbons (Fsp3) is 0.400. The second-order valence-electron chi connectivity index (χ2n) is 11.0. The van der Waals surface area contributed by atoms with E-state index < -0.39 is 34.6 Å². The Hall–Kier alpha value is -3.48. The second kappa shape index (κ2) is 12.0. The SMILES string of the molecule is C[C@@H]1CN(c2cc(F)c(C3=CCN(Cc4ccsc4)CC3)cc2NC(=O)c2c[nH]c(=O)cc2C(F)(F)F)C[C@H](C)N1C. The zero-order chi connectivity index (χ0) is 30.2. The zero-order valence-corrected chi connectivity index (χ0v) is 24.4. The molecular weight excluding hydrogens is 570 g/mol. The summed E-state index contributed by atoms with van der Waals surface area (Å²) in [5.41, 5.74) is -0.135. The Bertz CT molecular complexity index is 1520. The van der Waals surface area contributed by atoms with Crippen LogP contribution in [0.3, 0.4) is 0 Å². The molecule has 2 aromatic heterocycles. The van der Waals surface area contributed by atoms with Gasteiger partial charge in [-0.05, 0) is 67.4 Å². The van der Waals surface area contributed by atoms with Crippen molar-refractivity contribution in [3.63, 3.8) is 0 Å². The summed E-state index contributed by atoms with van der Waals surface area (Å²) in [4.78, 5) is 33.5. The van der Waals surface area contributed by atoms with E-state index in [0.29, 0.717) is 49.9 Å². The van der Waals surface area contributed by atoms with Crippen molar-refractivity contribution < 1.29 is 22.4 Å². The number of carbonyl (C=O) groups excluding carboxylic acids is 1. The van der Waals surface area contributed by atoms with Crippen LogP contribution in [0.25, 0.3) is 5.57 Å². The van der Waals surface area contributed by atoms with Crippen LogP contribution in [0.15, 0.2) is 52.1 Å². The van der Waals surface area contributed by atoms with E-state index in [0.717, 1.165) is 18.3 Å². The van der Waals surface area contributed by atoms with Crippen molar-refractivity contribution in [2.24, 2.45) is 0 Å². The van der Waals surface area contributed by atoms with E-state index in [9.17, 15) is 22.8 Å². The summed E-state index contributed by atoms with van der Waals surface area (Å²) in [6.45, 7) is 7.27. The highest BCUT2D eigenvalue weighted by atomic mass is 32.1. The number of likely N-dealkylation sites (N-methyl/N-ethyl adjacent to an activating group) is 1. The number of nitrogens with zero attached hydrogens (tertiary/aromatic N) is 3. The molecule has 2 atom stereocenters. The molecule has 1 saturated heterocycles. The summed E-state index contributed by atoms with van der Waals surface area (Å²) in [5, 5.41) is 6.75. The largest absolute Gasteiger partial charge is 0.417 e. The van der Waals surface area contributed by atoms with Gasteiger partial charge in [0.1, 0.15) is 5.82 Å². The van der Waals surface area contributed by atoms with E-state index in [1.807, 2.05) is 37.3 Å². The third kappa shape index (κ3) is 6.45. The van der Waals surface area contributed by atoms with Crippen LogP contribution in [0.4, 0.5) is 28.9 Å². The third-order valence-electron chi connectivity index (χ3n) is 8.13. The van der Waals surface area contributed by atoms with Gasteiger partial charge in [-0.1, -0.05) is 6.08 Å². The first-order valence-electron chi connectivity index (χ1n) is 13.7. The Kier molecular flexibility index (Phi) is 8.58. The van der Waals surface area contributed by atoms with Gasteiger partial charge in [-0.3, -0.25) is 19.4 Å². The maximum Gasteiger partial charge on any atom is 0.417 e. The van der Waals surface area contributed by atoms with Crippen LogP contribution in [-0.2, 0) is 12.7 Å². The van der Waals surface area contributed by atoms with Gasteiger partial charge in [0.25, 0.3) is 5.91 Å². The molecule has 0 unspecified atom stereocenters. The summed E-state index contributed by atoms with van der Waals surface area (Å²) >= 11 is 1.64. The third-order valence-corrected chi connectivity index (χ3v) is 8.87. The summed E-state index contributed by atoms with van der Waals surface area (Å²) in [6.07, 6.45) is -1.62. The van der Waals surface area contributed by atoms with Crippen molar-refractivity contribution >= 4 is 34.2 Å². The number of pyridine rings is 1. The maximum absolute atomic E-state index is 15.8. The van der Waals surface area contributed by atoms with Crippen molar-refractivity contribution in [2.45, 2.75) is 45.1 Å². The number of halogens is 4. The van der Waals surface area contributed by atoms with Gasteiger partial charge >= 0.3 is 6.18 Å². The highest BCUT2D eigenvalue weighted by Crippen LogP contribution is 2.37. The number of nitrogens with one attached hydrogen (secondary N) is 2. The van der Waals surface area contributed by atoms with Crippen LogP contribution >= 0.6 is 11.3 Å². The predicted molar refractivity (Wildman–Crippen MR) is 158 cm³/mol. The molecule has 2 N–H and O–H groups in total. The molecule has 1 fully saturated rings. The number of alkyl halides is 3. The van der Waals surface area contributed by atoms with Gasteiger partial charge in [0, 0.05) is 62.6 Å². The number of aromatic amines is 1. The number of H-pyrrole nitrogens is 1. The van der Waals surface area contributed by atoms with Crippen molar-refractivity contribution in [3.05, 3.63) is 85.7 Å². The van der Waals surface area contributed by atoms with Crippen molar-refractivity contribution in [2.75, 3.05) is 43.4 Å². The first-order chi connectivity index (χ1) is 19.9. The molecule has 12 heteroatoms. The number of piperazine rings is 1.